The second-order valence-corrected chi connectivity index (χ2v) is 5.52. The minimum Gasteiger partial charge on any atom is -0.486 e. The van der Waals surface area contributed by atoms with Crippen LogP contribution in [0.4, 0.5) is 0 Å². The summed E-state index contributed by atoms with van der Waals surface area (Å²) >= 11 is 0. The first kappa shape index (κ1) is 19.2. The van der Waals surface area contributed by atoms with E-state index in [1.807, 2.05) is 6.07 Å². The first-order valence-electron chi connectivity index (χ1n) is 8.53. The lowest BCUT2D eigenvalue weighted by Crippen LogP contribution is -2.11. The van der Waals surface area contributed by atoms with Crippen LogP contribution in [0.25, 0.3) is 0 Å². The monoisotopic (exact) mass is 354 g/mol. The van der Waals surface area contributed by atoms with E-state index in [9.17, 15) is 9.59 Å². The first-order chi connectivity index (χ1) is 12.7. The Balaban J connectivity index is 2.24. The van der Waals surface area contributed by atoms with E-state index in [-0.39, 0.29) is 17.2 Å². The Labute approximate surface area is 153 Å². The molecular weight excluding hydrogens is 332 g/mol. The second-order valence-electron chi connectivity index (χ2n) is 5.52. The van der Waals surface area contributed by atoms with Crippen molar-refractivity contribution >= 4 is 11.9 Å². The molecule has 0 aliphatic carbocycles. The minimum absolute atomic E-state index is 0.185. The second kappa shape index (κ2) is 10.0. The van der Waals surface area contributed by atoms with Gasteiger partial charge in [0, 0.05) is 6.08 Å². The fourth-order valence-corrected chi connectivity index (χ4v) is 2.21. The summed E-state index contributed by atoms with van der Waals surface area (Å²) in [4.78, 5) is 23.9. The van der Waals surface area contributed by atoms with Crippen molar-refractivity contribution in [3.05, 3.63) is 66.7 Å². The Morgan fingerprint density at radius 1 is 0.962 bits per heavy atom. The van der Waals surface area contributed by atoms with Crippen molar-refractivity contribution in [1.82, 2.24) is 0 Å². The number of unbranched alkanes of at least 4 members (excludes halogenated alkanes) is 2. The molecule has 0 amide bonds. The van der Waals surface area contributed by atoms with Gasteiger partial charge in [0.25, 0.3) is 0 Å². The molecule has 0 heterocycles. The fourth-order valence-electron chi connectivity index (χ4n) is 2.21. The number of hydrogen-bond donors (Lipinski definition) is 0. The maximum Gasteiger partial charge on any atom is 0.343 e. The van der Waals surface area contributed by atoms with Crippen LogP contribution in [0, 0.1) is 0 Å². The number of hydrogen-bond acceptors (Lipinski definition) is 5. The predicted molar refractivity (Wildman–Crippen MR) is 98.7 cm³/mol. The average molecular weight is 354 g/mol. The van der Waals surface area contributed by atoms with Gasteiger partial charge in [0.2, 0.25) is 5.75 Å². The van der Waals surface area contributed by atoms with Gasteiger partial charge in [-0.25, -0.2) is 9.59 Å². The number of esters is 2. The Kier molecular flexibility index (Phi) is 7.43. The molecule has 0 aliphatic rings. The van der Waals surface area contributed by atoms with Gasteiger partial charge in [0.05, 0.1) is 12.2 Å². The summed E-state index contributed by atoms with van der Waals surface area (Å²) < 4.78 is 16.4. The molecule has 2 aromatic carbocycles. The molecule has 5 nitrogen and oxygen atoms in total. The molecule has 0 aliphatic heterocycles. The van der Waals surface area contributed by atoms with Gasteiger partial charge >= 0.3 is 11.9 Å². The van der Waals surface area contributed by atoms with E-state index in [1.165, 1.54) is 0 Å². The standard InChI is InChI=1S/C21H22O5/c1-3-5-9-15-24-20-17(25-19(22)4-2)13-10-14-18(20)26-21(23)16-11-7-6-8-12-16/h4,6-8,10-14H,2-3,5,9,15H2,1H3. The molecule has 26 heavy (non-hydrogen) atoms. The molecule has 0 spiro atoms. The summed E-state index contributed by atoms with van der Waals surface area (Å²) in [7, 11) is 0. The third kappa shape index (κ3) is 5.48. The van der Waals surface area contributed by atoms with Crippen LogP contribution in [-0.2, 0) is 4.79 Å². The predicted octanol–water partition coefficient (Wildman–Crippen LogP) is 4.57. The lowest BCUT2D eigenvalue weighted by Gasteiger charge is -2.15. The molecule has 0 aromatic heterocycles. The van der Waals surface area contributed by atoms with E-state index < -0.39 is 11.9 Å². The smallest absolute Gasteiger partial charge is 0.343 e. The first-order valence-corrected chi connectivity index (χ1v) is 8.53. The number of ether oxygens (including phenoxy) is 3. The zero-order chi connectivity index (χ0) is 18.8. The Bertz CT molecular complexity index is 752. The highest BCUT2D eigenvalue weighted by atomic mass is 16.6. The number of para-hydroxylation sites is 1. The van der Waals surface area contributed by atoms with Gasteiger partial charge in [-0.2, -0.15) is 0 Å². The maximum atomic E-state index is 12.3. The van der Waals surface area contributed by atoms with Crippen LogP contribution in [0.1, 0.15) is 36.5 Å². The Hall–Kier alpha value is -3.08. The van der Waals surface area contributed by atoms with Crippen LogP contribution in [0.5, 0.6) is 17.2 Å². The summed E-state index contributed by atoms with van der Waals surface area (Å²) in [6.07, 6.45) is 3.95. The van der Waals surface area contributed by atoms with Crippen LogP contribution in [0.2, 0.25) is 0 Å². The fraction of sp³-hybridized carbons (Fsp3) is 0.238. The number of carbonyl (C=O) groups excluding carboxylic acids is 2. The van der Waals surface area contributed by atoms with Gasteiger partial charge in [-0.1, -0.05) is 50.6 Å². The molecule has 0 saturated carbocycles. The summed E-state index contributed by atoms with van der Waals surface area (Å²) in [5.41, 5.74) is 0.415. The molecule has 0 bridgehead atoms. The van der Waals surface area contributed by atoms with Crippen LogP contribution < -0.4 is 14.2 Å². The summed E-state index contributed by atoms with van der Waals surface area (Å²) in [6.45, 7) is 5.90. The normalized spacial score (nSPS) is 10.0. The molecule has 2 rings (SSSR count). The molecule has 0 atom stereocenters. The summed E-state index contributed by atoms with van der Waals surface area (Å²) in [5.74, 6) is -0.524. The van der Waals surface area contributed by atoms with E-state index in [4.69, 9.17) is 14.2 Å². The molecule has 136 valence electrons. The SMILES string of the molecule is C=CC(=O)Oc1cccc(OC(=O)c2ccccc2)c1OCCCCC. The van der Waals surface area contributed by atoms with Crippen LogP contribution in [0.15, 0.2) is 61.2 Å². The number of carbonyl (C=O) groups is 2. The lowest BCUT2D eigenvalue weighted by molar-refractivity contribution is -0.129. The van der Waals surface area contributed by atoms with Crippen LogP contribution in [-0.4, -0.2) is 18.5 Å². The highest BCUT2D eigenvalue weighted by Gasteiger charge is 2.18. The van der Waals surface area contributed by atoms with Gasteiger partial charge < -0.3 is 14.2 Å². The van der Waals surface area contributed by atoms with E-state index >= 15 is 0 Å². The minimum atomic E-state index is -0.616. The average Bonchev–Trinajstić information content (AvgIpc) is 2.67. The van der Waals surface area contributed by atoms with Crippen molar-refractivity contribution in [2.24, 2.45) is 0 Å². The molecule has 0 radical (unpaired) electrons. The number of rotatable bonds is 9. The molecule has 0 N–H and O–H groups in total. The van der Waals surface area contributed by atoms with Gasteiger partial charge in [0.1, 0.15) is 0 Å². The van der Waals surface area contributed by atoms with Gasteiger partial charge in [-0.05, 0) is 30.7 Å². The summed E-state index contributed by atoms with van der Waals surface area (Å²) in [6, 6.07) is 13.4. The maximum absolute atomic E-state index is 12.3. The summed E-state index contributed by atoms with van der Waals surface area (Å²) in [5, 5.41) is 0. The number of benzene rings is 2. The van der Waals surface area contributed by atoms with Crippen molar-refractivity contribution in [1.29, 1.82) is 0 Å². The van der Waals surface area contributed by atoms with Gasteiger partial charge in [0.15, 0.2) is 11.5 Å². The quantitative estimate of drug-likeness (QED) is 0.286. The van der Waals surface area contributed by atoms with Crippen molar-refractivity contribution in [3.8, 4) is 17.2 Å². The largest absolute Gasteiger partial charge is 0.486 e. The molecule has 0 saturated heterocycles. The zero-order valence-corrected chi connectivity index (χ0v) is 14.8. The van der Waals surface area contributed by atoms with Gasteiger partial charge in [-0.3, -0.25) is 0 Å². The van der Waals surface area contributed by atoms with Crippen molar-refractivity contribution in [2.75, 3.05) is 6.61 Å². The van der Waals surface area contributed by atoms with Crippen molar-refractivity contribution in [3.63, 3.8) is 0 Å². The van der Waals surface area contributed by atoms with Crippen LogP contribution >= 0.6 is 0 Å². The highest BCUT2D eigenvalue weighted by molar-refractivity contribution is 5.91. The molecule has 0 fully saturated rings. The van der Waals surface area contributed by atoms with E-state index in [1.54, 1.807) is 42.5 Å². The van der Waals surface area contributed by atoms with Crippen molar-refractivity contribution < 1.29 is 23.8 Å². The highest BCUT2D eigenvalue weighted by Crippen LogP contribution is 2.38. The van der Waals surface area contributed by atoms with Crippen molar-refractivity contribution in [2.45, 2.75) is 26.2 Å². The Morgan fingerprint density at radius 3 is 2.31 bits per heavy atom. The van der Waals surface area contributed by atoms with Gasteiger partial charge in [-0.15, -0.1) is 0 Å². The van der Waals surface area contributed by atoms with E-state index in [0.29, 0.717) is 12.2 Å². The molecular formula is C21H22O5. The molecule has 5 heteroatoms. The van der Waals surface area contributed by atoms with Crippen LogP contribution in [0.3, 0.4) is 0 Å². The third-order valence-corrected chi connectivity index (χ3v) is 3.53. The third-order valence-electron chi connectivity index (χ3n) is 3.53. The molecule has 2 aromatic rings. The van der Waals surface area contributed by atoms with E-state index in [2.05, 4.69) is 13.5 Å². The zero-order valence-electron chi connectivity index (χ0n) is 14.8. The lowest BCUT2D eigenvalue weighted by atomic mass is 10.2. The topological polar surface area (TPSA) is 61.8 Å². The van der Waals surface area contributed by atoms with E-state index in [0.717, 1.165) is 25.3 Å². The Morgan fingerprint density at radius 2 is 1.65 bits per heavy atom. The molecule has 0 unspecified atom stereocenters.